The number of benzene rings is 1. The molecule has 0 saturated heterocycles. The number of rotatable bonds is 4. The highest BCUT2D eigenvalue weighted by Crippen LogP contribution is 2.39. The third-order valence-electron chi connectivity index (χ3n) is 3.52. The van der Waals surface area contributed by atoms with Crippen LogP contribution in [0.3, 0.4) is 0 Å². The molecule has 0 radical (unpaired) electrons. The lowest BCUT2D eigenvalue weighted by molar-refractivity contribution is 0.363. The van der Waals surface area contributed by atoms with Crippen molar-refractivity contribution in [3.8, 4) is 0 Å². The highest BCUT2D eigenvalue weighted by Gasteiger charge is 2.31. The summed E-state index contributed by atoms with van der Waals surface area (Å²) in [5, 5.41) is 0.581. The first-order valence-corrected chi connectivity index (χ1v) is 6.85. The summed E-state index contributed by atoms with van der Waals surface area (Å²) < 4.78 is 0. The van der Waals surface area contributed by atoms with Gasteiger partial charge in [0.15, 0.2) is 0 Å². The van der Waals surface area contributed by atoms with Crippen molar-refractivity contribution in [1.29, 1.82) is 0 Å². The Hall–Kier alpha value is -0.510. The summed E-state index contributed by atoms with van der Waals surface area (Å²) in [5.41, 5.74) is 4.48. The molecule has 1 heterocycles. The molecular formula is C13H20N2S. The van der Waals surface area contributed by atoms with Gasteiger partial charge in [0.05, 0.1) is 0 Å². The first-order valence-electron chi connectivity index (χ1n) is 5.97. The summed E-state index contributed by atoms with van der Waals surface area (Å²) in [7, 11) is 0. The van der Waals surface area contributed by atoms with E-state index in [0.29, 0.717) is 17.2 Å². The molecule has 1 aromatic rings. The van der Waals surface area contributed by atoms with Gasteiger partial charge in [0.25, 0.3) is 0 Å². The van der Waals surface area contributed by atoms with Crippen molar-refractivity contribution < 1.29 is 0 Å². The van der Waals surface area contributed by atoms with Crippen LogP contribution in [0.25, 0.3) is 0 Å². The fraction of sp³-hybridized carbons (Fsp3) is 0.538. The fourth-order valence-corrected chi connectivity index (χ4v) is 3.84. The van der Waals surface area contributed by atoms with Gasteiger partial charge in [-0.25, -0.2) is 0 Å². The molecule has 3 unspecified atom stereocenters. The molecule has 1 aliphatic heterocycles. The lowest BCUT2D eigenvalue weighted by Crippen LogP contribution is -2.46. The van der Waals surface area contributed by atoms with Crippen LogP contribution in [0, 0.1) is 5.92 Å². The van der Waals surface area contributed by atoms with E-state index in [2.05, 4.69) is 43.5 Å². The fourth-order valence-electron chi connectivity index (χ4n) is 2.30. The molecule has 0 aromatic heterocycles. The lowest BCUT2D eigenvalue weighted by Gasteiger charge is -2.27. The normalized spacial score (nSPS) is 22.8. The second kappa shape index (κ2) is 5.21. The van der Waals surface area contributed by atoms with E-state index in [1.165, 1.54) is 16.9 Å². The molecule has 2 nitrogen and oxygen atoms in total. The summed E-state index contributed by atoms with van der Waals surface area (Å²) in [4.78, 5) is 1.43. The van der Waals surface area contributed by atoms with Gasteiger partial charge in [0.2, 0.25) is 0 Å². The lowest BCUT2D eigenvalue weighted by atomic mass is 9.93. The van der Waals surface area contributed by atoms with Gasteiger partial charge in [-0.15, -0.1) is 11.8 Å². The molecule has 2 rings (SSSR count). The number of hydrogen-bond acceptors (Lipinski definition) is 3. The Bertz CT molecular complexity index is 329. The zero-order valence-corrected chi connectivity index (χ0v) is 10.8. The molecule has 1 aromatic carbocycles. The number of hydrazine groups is 1. The van der Waals surface area contributed by atoms with Gasteiger partial charge < -0.3 is 0 Å². The van der Waals surface area contributed by atoms with Gasteiger partial charge in [0.1, 0.15) is 0 Å². The SMILES string of the molecule is CCC(C)C(NN)C1Cc2ccccc2S1. The molecule has 0 amide bonds. The summed E-state index contributed by atoms with van der Waals surface area (Å²) >= 11 is 1.97. The van der Waals surface area contributed by atoms with Crippen LogP contribution >= 0.6 is 11.8 Å². The minimum atomic E-state index is 0.405. The van der Waals surface area contributed by atoms with Gasteiger partial charge in [-0.05, 0) is 24.0 Å². The molecule has 0 fully saturated rings. The van der Waals surface area contributed by atoms with Crippen molar-refractivity contribution in [2.75, 3.05) is 0 Å². The van der Waals surface area contributed by atoms with E-state index in [0.717, 1.165) is 6.42 Å². The number of nitrogens with two attached hydrogens (primary N) is 1. The van der Waals surface area contributed by atoms with E-state index >= 15 is 0 Å². The minimum Gasteiger partial charge on any atom is -0.271 e. The molecule has 88 valence electrons. The predicted molar refractivity (Wildman–Crippen MR) is 70.4 cm³/mol. The minimum absolute atomic E-state index is 0.405. The van der Waals surface area contributed by atoms with E-state index in [4.69, 9.17) is 5.84 Å². The van der Waals surface area contributed by atoms with Crippen molar-refractivity contribution in [3.05, 3.63) is 29.8 Å². The van der Waals surface area contributed by atoms with Crippen LogP contribution in [-0.2, 0) is 6.42 Å². The van der Waals surface area contributed by atoms with Crippen LogP contribution in [0.2, 0.25) is 0 Å². The Labute approximate surface area is 102 Å². The maximum absolute atomic E-state index is 5.70. The maximum Gasteiger partial charge on any atom is 0.0361 e. The van der Waals surface area contributed by atoms with Gasteiger partial charge in [-0.3, -0.25) is 11.3 Å². The van der Waals surface area contributed by atoms with Crippen molar-refractivity contribution in [2.24, 2.45) is 11.8 Å². The van der Waals surface area contributed by atoms with Gasteiger partial charge in [-0.2, -0.15) is 0 Å². The Morgan fingerprint density at radius 1 is 1.50 bits per heavy atom. The maximum atomic E-state index is 5.70. The van der Waals surface area contributed by atoms with Crippen molar-refractivity contribution in [2.45, 2.75) is 42.9 Å². The zero-order chi connectivity index (χ0) is 11.5. The Balaban J connectivity index is 2.09. The van der Waals surface area contributed by atoms with Gasteiger partial charge >= 0.3 is 0 Å². The van der Waals surface area contributed by atoms with Crippen LogP contribution in [0.15, 0.2) is 29.2 Å². The summed E-state index contributed by atoms with van der Waals surface area (Å²) in [6, 6.07) is 9.08. The topological polar surface area (TPSA) is 38.0 Å². The second-order valence-electron chi connectivity index (χ2n) is 4.55. The molecule has 16 heavy (non-hydrogen) atoms. The zero-order valence-electron chi connectivity index (χ0n) is 9.94. The van der Waals surface area contributed by atoms with Crippen molar-refractivity contribution in [3.63, 3.8) is 0 Å². The number of hydrogen-bond donors (Lipinski definition) is 2. The molecule has 1 aliphatic rings. The highest BCUT2D eigenvalue weighted by atomic mass is 32.2. The molecule has 0 bridgehead atoms. The third kappa shape index (κ3) is 2.26. The molecule has 0 aliphatic carbocycles. The van der Waals surface area contributed by atoms with Crippen LogP contribution in [-0.4, -0.2) is 11.3 Å². The van der Waals surface area contributed by atoms with E-state index in [9.17, 15) is 0 Å². The summed E-state index contributed by atoms with van der Waals surface area (Å²) in [6.45, 7) is 4.50. The summed E-state index contributed by atoms with van der Waals surface area (Å²) in [6.07, 6.45) is 2.31. The van der Waals surface area contributed by atoms with Crippen LogP contribution in [0.5, 0.6) is 0 Å². The largest absolute Gasteiger partial charge is 0.271 e. The first kappa shape index (κ1) is 12.0. The van der Waals surface area contributed by atoms with E-state index in [-0.39, 0.29) is 0 Å². The molecule has 3 atom stereocenters. The molecular weight excluding hydrogens is 216 g/mol. The van der Waals surface area contributed by atoms with Gasteiger partial charge in [-0.1, -0.05) is 38.5 Å². The average molecular weight is 236 g/mol. The summed E-state index contributed by atoms with van der Waals surface area (Å²) in [5.74, 6) is 6.32. The average Bonchev–Trinajstić information content (AvgIpc) is 2.72. The monoisotopic (exact) mass is 236 g/mol. The van der Waals surface area contributed by atoms with E-state index in [1.807, 2.05) is 11.8 Å². The smallest absolute Gasteiger partial charge is 0.0361 e. The van der Waals surface area contributed by atoms with Crippen molar-refractivity contribution >= 4 is 11.8 Å². The molecule has 3 N–H and O–H groups in total. The second-order valence-corrected chi connectivity index (χ2v) is 5.83. The van der Waals surface area contributed by atoms with Gasteiger partial charge in [0, 0.05) is 16.2 Å². The quantitative estimate of drug-likeness (QED) is 0.623. The third-order valence-corrected chi connectivity index (χ3v) is 4.94. The first-order chi connectivity index (χ1) is 7.76. The highest BCUT2D eigenvalue weighted by molar-refractivity contribution is 8.00. The standard InChI is InChI=1S/C13H20N2S/c1-3-9(2)13(15-14)12-8-10-6-4-5-7-11(10)16-12/h4-7,9,12-13,15H,3,8,14H2,1-2H3. The Morgan fingerprint density at radius 3 is 2.88 bits per heavy atom. The number of nitrogens with one attached hydrogen (secondary N) is 1. The van der Waals surface area contributed by atoms with Crippen LogP contribution in [0.1, 0.15) is 25.8 Å². The van der Waals surface area contributed by atoms with E-state index in [1.54, 1.807) is 0 Å². The van der Waals surface area contributed by atoms with E-state index < -0.39 is 0 Å². The Kier molecular flexibility index (Phi) is 3.90. The molecule has 0 spiro atoms. The molecule has 3 heteroatoms. The van der Waals surface area contributed by atoms with Crippen molar-refractivity contribution in [1.82, 2.24) is 5.43 Å². The Morgan fingerprint density at radius 2 is 2.25 bits per heavy atom. The van der Waals surface area contributed by atoms with Crippen LogP contribution < -0.4 is 11.3 Å². The number of fused-ring (bicyclic) bond motifs is 1. The molecule has 0 saturated carbocycles. The predicted octanol–water partition coefficient (Wildman–Crippen LogP) is 2.58. The number of thioether (sulfide) groups is 1. The van der Waals surface area contributed by atoms with Crippen LogP contribution in [0.4, 0.5) is 0 Å².